The molecule has 2 aromatic rings. The van der Waals surface area contributed by atoms with E-state index in [1.54, 1.807) is 26.4 Å². The normalized spacial score (nSPS) is 10.8. The van der Waals surface area contributed by atoms with Gasteiger partial charge in [-0.05, 0) is 44.2 Å². The molecule has 2 rings (SSSR count). The quantitative estimate of drug-likeness (QED) is 0.732. The number of rotatable bonds is 8. The lowest BCUT2D eigenvalue weighted by molar-refractivity contribution is -0.116. The summed E-state index contributed by atoms with van der Waals surface area (Å²) in [5.74, 6) is 1.95. The Morgan fingerprint density at radius 2 is 1.85 bits per heavy atom. The zero-order valence-electron chi connectivity index (χ0n) is 15.6. The molecule has 0 atom stereocenters. The molecule has 0 aliphatic heterocycles. The molecule has 0 unspecified atom stereocenters. The van der Waals surface area contributed by atoms with Crippen LogP contribution >= 0.6 is 0 Å². The van der Waals surface area contributed by atoms with Crippen LogP contribution in [0, 0.1) is 0 Å². The van der Waals surface area contributed by atoms with Crippen LogP contribution in [-0.2, 0) is 11.3 Å². The first-order valence-corrected chi connectivity index (χ1v) is 8.46. The highest BCUT2D eigenvalue weighted by Gasteiger charge is 2.07. The number of para-hydroxylation sites is 1. The van der Waals surface area contributed by atoms with Gasteiger partial charge in [-0.3, -0.25) is 4.79 Å². The molecule has 5 nitrogen and oxygen atoms in total. The standard InChI is InChI=1S/C21H25NO4/c1-15(2)26-20-8-6-5-7-17(20)14-22-21(23)12-9-16-13-18(24-3)10-11-19(16)25-4/h5-13,15H,14H2,1-4H3,(H,22,23). The van der Waals surface area contributed by atoms with E-state index in [9.17, 15) is 4.79 Å². The number of ether oxygens (including phenoxy) is 3. The largest absolute Gasteiger partial charge is 0.497 e. The Labute approximate surface area is 154 Å². The molecular weight excluding hydrogens is 330 g/mol. The van der Waals surface area contributed by atoms with Gasteiger partial charge in [0.2, 0.25) is 5.91 Å². The molecule has 0 aromatic heterocycles. The highest BCUT2D eigenvalue weighted by atomic mass is 16.5. The summed E-state index contributed by atoms with van der Waals surface area (Å²) in [5.41, 5.74) is 1.70. The van der Waals surface area contributed by atoms with E-state index in [-0.39, 0.29) is 12.0 Å². The molecule has 0 radical (unpaired) electrons. The smallest absolute Gasteiger partial charge is 0.244 e. The molecule has 0 spiro atoms. The molecule has 138 valence electrons. The van der Waals surface area contributed by atoms with Crippen LogP contribution in [-0.4, -0.2) is 26.2 Å². The van der Waals surface area contributed by atoms with Crippen molar-refractivity contribution < 1.29 is 19.0 Å². The van der Waals surface area contributed by atoms with Crippen LogP contribution in [0.2, 0.25) is 0 Å². The van der Waals surface area contributed by atoms with Crippen molar-refractivity contribution in [2.75, 3.05) is 14.2 Å². The molecule has 0 saturated heterocycles. The molecule has 2 aromatic carbocycles. The van der Waals surface area contributed by atoms with Gasteiger partial charge in [0.25, 0.3) is 0 Å². The molecule has 0 saturated carbocycles. The first-order chi connectivity index (χ1) is 12.5. The van der Waals surface area contributed by atoms with Crippen LogP contribution in [0.4, 0.5) is 0 Å². The highest BCUT2D eigenvalue weighted by Crippen LogP contribution is 2.25. The summed E-state index contributed by atoms with van der Waals surface area (Å²) in [7, 11) is 3.18. The number of carbonyl (C=O) groups excluding carboxylic acids is 1. The van der Waals surface area contributed by atoms with E-state index < -0.39 is 0 Å². The van der Waals surface area contributed by atoms with Crippen molar-refractivity contribution in [2.45, 2.75) is 26.5 Å². The van der Waals surface area contributed by atoms with Crippen molar-refractivity contribution in [3.63, 3.8) is 0 Å². The average Bonchev–Trinajstić information content (AvgIpc) is 2.64. The summed E-state index contributed by atoms with van der Waals surface area (Å²) < 4.78 is 16.3. The number of carbonyl (C=O) groups is 1. The van der Waals surface area contributed by atoms with E-state index in [0.717, 1.165) is 16.9 Å². The Balaban J connectivity index is 2.03. The monoisotopic (exact) mass is 355 g/mol. The van der Waals surface area contributed by atoms with Crippen molar-refractivity contribution in [2.24, 2.45) is 0 Å². The third-order valence-corrected chi connectivity index (χ3v) is 3.64. The fraction of sp³-hybridized carbons (Fsp3) is 0.286. The third-order valence-electron chi connectivity index (χ3n) is 3.64. The van der Waals surface area contributed by atoms with Gasteiger partial charge in [0, 0.05) is 23.7 Å². The Bertz CT molecular complexity index is 768. The Morgan fingerprint density at radius 3 is 2.54 bits per heavy atom. The van der Waals surface area contributed by atoms with Gasteiger partial charge in [-0.15, -0.1) is 0 Å². The first-order valence-electron chi connectivity index (χ1n) is 8.46. The number of benzene rings is 2. The second-order valence-electron chi connectivity index (χ2n) is 5.93. The zero-order valence-corrected chi connectivity index (χ0v) is 15.6. The van der Waals surface area contributed by atoms with Crippen LogP contribution in [0.15, 0.2) is 48.5 Å². The van der Waals surface area contributed by atoms with Gasteiger partial charge >= 0.3 is 0 Å². The van der Waals surface area contributed by atoms with Gasteiger partial charge in [-0.1, -0.05) is 18.2 Å². The summed E-state index contributed by atoms with van der Waals surface area (Å²) >= 11 is 0. The minimum Gasteiger partial charge on any atom is -0.497 e. The Kier molecular flexibility index (Phi) is 7.09. The topological polar surface area (TPSA) is 56.8 Å². The highest BCUT2D eigenvalue weighted by molar-refractivity contribution is 5.92. The molecule has 1 amide bonds. The Morgan fingerprint density at radius 1 is 1.08 bits per heavy atom. The second kappa shape index (κ2) is 9.51. The van der Waals surface area contributed by atoms with E-state index >= 15 is 0 Å². The molecule has 1 N–H and O–H groups in total. The van der Waals surface area contributed by atoms with E-state index in [1.807, 2.05) is 50.2 Å². The zero-order chi connectivity index (χ0) is 18.9. The maximum absolute atomic E-state index is 12.2. The van der Waals surface area contributed by atoms with Crippen LogP contribution in [0.25, 0.3) is 6.08 Å². The number of methoxy groups -OCH3 is 2. The van der Waals surface area contributed by atoms with Crippen LogP contribution in [0.1, 0.15) is 25.0 Å². The molecule has 0 fully saturated rings. The van der Waals surface area contributed by atoms with Crippen molar-refractivity contribution >= 4 is 12.0 Å². The third kappa shape index (κ3) is 5.55. The summed E-state index contributed by atoms with van der Waals surface area (Å²) in [6.07, 6.45) is 3.25. The fourth-order valence-electron chi connectivity index (χ4n) is 2.40. The molecule has 0 bridgehead atoms. The summed E-state index contributed by atoms with van der Waals surface area (Å²) in [6, 6.07) is 13.1. The van der Waals surface area contributed by atoms with Gasteiger partial charge < -0.3 is 19.5 Å². The number of hydrogen-bond acceptors (Lipinski definition) is 4. The maximum Gasteiger partial charge on any atom is 0.244 e. The van der Waals surface area contributed by atoms with E-state index in [2.05, 4.69) is 5.32 Å². The van der Waals surface area contributed by atoms with Gasteiger partial charge in [-0.25, -0.2) is 0 Å². The Hall–Kier alpha value is -2.95. The SMILES string of the molecule is COc1ccc(OC)c(C=CC(=O)NCc2ccccc2OC(C)C)c1. The molecule has 0 aliphatic rings. The van der Waals surface area contributed by atoms with E-state index in [4.69, 9.17) is 14.2 Å². The number of hydrogen-bond donors (Lipinski definition) is 1. The second-order valence-corrected chi connectivity index (χ2v) is 5.93. The predicted octanol–water partition coefficient (Wildman–Crippen LogP) is 3.82. The first kappa shape index (κ1) is 19.4. The van der Waals surface area contributed by atoms with Crippen molar-refractivity contribution in [3.8, 4) is 17.2 Å². The predicted molar refractivity (Wildman–Crippen MR) is 103 cm³/mol. The molecule has 0 aliphatic carbocycles. The van der Waals surface area contributed by atoms with Crippen LogP contribution in [0.3, 0.4) is 0 Å². The van der Waals surface area contributed by atoms with Crippen LogP contribution in [0.5, 0.6) is 17.2 Å². The number of nitrogens with one attached hydrogen (secondary N) is 1. The minimum atomic E-state index is -0.200. The van der Waals surface area contributed by atoms with E-state index in [1.165, 1.54) is 6.08 Å². The minimum absolute atomic E-state index is 0.0762. The lowest BCUT2D eigenvalue weighted by Crippen LogP contribution is -2.21. The lowest BCUT2D eigenvalue weighted by Gasteiger charge is -2.14. The van der Waals surface area contributed by atoms with E-state index in [0.29, 0.717) is 18.0 Å². The van der Waals surface area contributed by atoms with Crippen molar-refractivity contribution in [3.05, 3.63) is 59.7 Å². The van der Waals surface area contributed by atoms with Gasteiger partial charge in [0.15, 0.2) is 0 Å². The van der Waals surface area contributed by atoms with Crippen LogP contribution < -0.4 is 19.5 Å². The van der Waals surface area contributed by atoms with Crippen molar-refractivity contribution in [1.82, 2.24) is 5.32 Å². The molecule has 0 heterocycles. The summed E-state index contributed by atoms with van der Waals surface area (Å²) in [6.45, 7) is 4.33. The molecular formula is C21H25NO4. The fourth-order valence-corrected chi connectivity index (χ4v) is 2.40. The summed E-state index contributed by atoms with van der Waals surface area (Å²) in [5, 5.41) is 2.87. The average molecular weight is 355 g/mol. The summed E-state index contributed by atoms with van der Waals surface area (Å²) in [4.78, 5) is 12.2. The molecule has 5 heteroatoms. The maximum atomic E-state index is 12.2. The lowest BCUT2D eigenvalue weighted by atomic mass is 10.1. The number of amides is 1. The molecule has 26 heavy (non-hydrogen) atoms. The van der Waals surface area contributed by atoms with Gasteiger partial charge in [0.1, 0.15) is 17.2 Å². The van der Waals surface area contributed by atoms with Crippen molar-refractivity contribution in [1.29, 1.82) is 0 Å². The van der Waals surface area contributed by atoms with Gasteiger partial charge in [0.05, 0.1) is 20.3 Å². The van der Waals surface area contributed by atoms with Gasteiger partial charge in [-0.2, -0.15) is 0 Å².